The number of hydrogen-bond acceptors (Lipinski definition) is 5. The first-order chi connectivity index (χ1) is 15.4. The second-order valence-electron chi connectivity index (χ2n) is 7.81. The maximum atomic E-state index is 13.1. The highest BCUT2D eigenvalue weighted by atomic mass is 35.5. The third-order valence-corrected chi connectivity index (χ3v) is 5.52. The van der Waals surface area contributed by atoms with Gasteiger partial charge in [-0.15, -0.1) is 0 Å². The lowest BCUT2D eigenvalue weighted by Crippen LogP contribution is -2.54. The zero-order valence-electron chi connectivity index (χ0n) is 18.0. The van der Waals surface area contributed by atoms with Crippen LogP contribution in [0.2, 0.25) is 5.02 Å². The van der Waals surface area contributed by atoms with E-state index in [0.29, 0.717) is 36.1 Å². The first-order valence-electron chi connectivity index (χ1n) is 10.5. The molecular weight excluding hydrogens is 435 g/mol. The second-order valence-corrected chi connectivity index (χ2v) is 8.25. The monoisotopic (exact) mass is 462 g/mol. The molecule has 0 radical (unpaired) electrons. The summed E-state index contributed by atoms with van der Waals surface area (Å²) >= 11 is 6.03. The average molecular weight is 463 g/mol. The molecule has 3 N–H and O–H groups in total. The number of benzene rings is 2. The van der Waals surface area contributed by atoms with Crippen LogP contribution >= 0.6 is 11.6 Å². The Bertz CT molecular complexity index is 941. The number of ether oxygens (including phenoxy) is 1. The maximum absolute atomic E-state index is 13.1. The van der Waals surface area contributed by atoms with Crippen LogP contribution in [-0.2, 0) is 16.1 Å². The number of carbonyl (C=O) groups excluding carboxylic acids is 2. The van der Waals surface area contributed by atoms with Crippen molar-refractivity contribution in [2.75, 3.05) is 38.1 Å². The molecule has 172 valence electrons. The fourth-order valence-corrected chi connectivity index (χ4v) is 3.86. The van der Waals surface area contributed by atoms with Crippen molar-refractivity contribution in [2.24, 2.45) is 5.73 Å². The average Bonchev–Trinajstić information content (AvgIpc) is 2.75. The lowest BCUT2D eigenvalue weighted by molar-refractivity contribution is -0.138. The molecule has 2 amide bonds. The normalized spacial score (nSPS) is 16.6. The summed E-state index contributed by atoms with van der Waals surface area (Å²) < 4.78 is 18.8. The van der Waals surface area contributed by atoms with Gasteiger partial charge in [0.05, 0.1) is 5.69 Å². The molecule has 1 atom stereocenters. The number of nitrogens with zero attached hydrogens (tertiary/aromatic N) is 2. The van der Waals surface area contributed by atoms with Crippen LogP contribution in [0.3, 0.4) is 0 Å². The molecule has 1 unspecified atom stereocenters. The topological polar surface area (TPSA) is 87.9 Å². The molecule has 0 spiro atoms. The number of nitrogens with two attached hydrogens (primary N) is 1. The Morgan fingerprint density at radius 1 is 1.22 bits per heavy atom. The van der Waals surface area contributed by atoms with Crippen LogP contribution in [0.4, 0.5) is 10.1 Å². The minimum absolute atomic E-state index is 0.00856. The smallest absolute Gasteiger partial charge is 0.260 e. The largest absolute Gasteiger partial charge is 0.482 e. The first kappa shape index (κ1) is 24.0. The summed E-state index contributed by atoms with van der Waals surface area (Å²) in [5.41, 5.74) is 6.86. The summed E-state index contributed by atoms with van der Waals surface area (Å²) in [4.78, 5) is 28.7. The van der Waals surface area contributed by atoms with E-state index in [4.69, 9.17) is 22.1 Å². The predicted molar refractivity (Wildman–Crippen MR) is 122 cm³/mol. The summed E-state index contributed by atoms with van der Waals surface area (Å²) in [5.74, 6) is -0.263. The summed E-state index contributed by atoms with van der Waals surface area (Å²) in [6.45, 7) is 4.79. The zero-order valence-corrected chi connectivity index (χ0v) is 18.8. The van der Waals surface area contributed by atoms with Gasteiger partial charge in [0.1, 0.15) is 11.6 Å². The number of halogens is 2. The highest BCUT2D eigenvalue weighted by molar-refractivity contribution is 6.31. The molecule has 2 aromatic carbocycles. The van der Waals surface area contributed by atoms with Crippen LogP contribution in [0.5, 0.6) is 5.75 Å². The number of piperazine rings is 1. The van der Waals surface area contributed by atoms with Crippen molar-refractivity contribution in [3.8, 4) is 5.75 Å². The van der Waals surface area contributed by atoms with Crippen molar-refractivity contribution >= 4 is 29.1 Å². The minimum atomic E-state index is -0.253. The lowest BCUT2D eigenvalue weighted by atomic mass is 10.1. The molecule has 1 aliphatic heterocycles. The van der Waals surface area contributed by atoms with Crippen LogP contribution in [0.1, 0.15) is 18.9 Å². The molecule has 2 aromatic rings. The van der Waals surface area contributed by atoms with Crippen LogP contribution < -0.4 is 15.8 Å². The molecular formula is C23H28ClFN4O3. The zero-order chi connectivity index (χ0) is 23.1. The fourth-order valence-electron chi connectivity index (χ4n) is 3.69. The standard InChI is InChI=1S/C23H28ClFN4O3/c1-16-13-28(14-17-2-5-19(25)6-3-17)10-11-29(16)23(31)15-32-21-7-4-18(24)12-20(21)27-22(30)8-9-26/h2-7,12,16H,8-11,13-15,26H2,1H3,(H,27,30). The van der Waals surface area contributed by atoms with E-state index < -0.39 is 0 Å². The van der Waals surface area contributed by atoms with E-state index >= 15 is 0 Å². The second kappa shape index (κ2) is 11.3. The minimum Gasteiger partial charge on any atom is -0.482 e. The number of amides is 2. The first-order valence-corrected chi connectivity index (χ1v) is 10.9. The number of rotatable bonds is 8. The Labute approximate surface area is 192 Å². The highest BCUT2D eigenvalue weighted by Gasteiger charge is 2.27. The van der Waals surface area contributed by atoms with Crippen molar-refractivity contribution in [1.29, 1.82) is 0 Å². The molecule has 0 saturated carbocycles. The van der Waals surface area contributed by atoms with E-state index in [1.165, 1.54) is 12.1 Å². The number of hydrogen-bond donors (Lipinski definition) is 2. The third kappa shape index (κ3) is 6.66. The van der Waals surface area contributed by atoms with Crippen molar-refractivity contribution in [1.82, 2.24) is 9.80 Å². The Hall–Kier alpha value is -2.68. The molecule has 3 rings (SSSR count). The molecule has 0 bridgehead atoms. The highest BCUT2D eigenvalue weighted by Crippen LogP contribution is 2.28. The molecule has 1 heterocycles. The van der Waals surface area contributed by atoms with Gasteiger partial charge in [0, 0.05) is 50.2 Å². The summed E-state index contributed by atoms with van der Waals surface area (Å²) in [5, 5.41) is 3.16. The van der Waals surface area contributed by atoms with Crippen LogP contribution in [0.25, 0.3) is 0 Å². The fraction of sp³-hybridized carbons (Fsp3) is 0.391. The third-order valence-electron chi connectivity index (χ3n) is 5.29. The SMILES string of the molecule is CC1CN(Cc2ccc(F)cc2)CCN1C(=O)COc1ccc(Cl)cc1NC(=O)CCN. The van der Waals surface area contributed by atoms with Gasteiger partial charge in [0.15, 0.2) is 6.61 Å². The van der Waals surface area contributed by atoms with Gasteiger partial charge < -0.3 is 20.7 Å². The van der Waals surface area contributed by atoms with Crippen LogP contribution in [0.15, 0.2) is 42.5 Å². The Morgan fingerprint density at radius 2 is 1.97 bits per heavy atom. The van der Waals surface area contributed by atoms with Gasteiger partial charge in [-0.3, -0.25) is 14.5 Å². The molecule has 0 aliphatic carbocycles. The van der Waals surface area contributed by atoms with E-state index in [9.17, 15) is 14.0 Å². The van der Waals surface area contributed by atoms with Gasteiger partial charge in [-0.1, -0.05) is 23.7 Å². The van der Waals surface area contributed by atoms with Gasteiger partial charge in [-0.25, -0.2) is 4.39 Å². The van der Waals surface area contributed by atoms with E-state index in [2.05, 4.69) is 10.2 Å². The van der Waals surface area contributed by atoms with Gasteiger partial charge in [0.25, 0.3) is 5.91 Å². The van der Waals surface area contributed by atoms with Crippen LogP contribution in [0, 0.1) is 5.82 Å². The molecule has 1 saturated heterocycles. The number of carbonyl (C=O) groups is 2. The summed E-state index contributed by atoms with van der Waals surface area (Å²) in [6.07, 6.45) is 0.171. The molecule has 9 heteroatoms. The Balaban J connectivity index is 1.54. The summed E-state index contributed by atoms with van der Waals surface area (Å²) in [6, 6.07) is 11.3. The van der Waals surface area contributed by atoms with E-state index in [1.54, 1.807) is 35.2 Å². The lowest BCUT2D eigenvalue weighted by Gasteiger charge is -2.39. The maximum Gasteiger partial charge on any atom is 0.260 e. The van der Waals surface area contributed by atoms with Crippen LogP contribution in [-0.4, -0.2) is 60.4 Å². The van der Waals surface area contributed by atoms with E-state index in [1.807, 2.05) is 6.92 Å². The predicted octanol–water partition coefficient (Wildman–Crippen LogP) is 2.88. The van der Waals surface area contributed by atoms with Gasteiger partial charge in [-0.05, 0) is 42.8 Å². The van der Waals surface area contributed by atoms with Crippen molar-refractivity contribution in [3.63, 3.8) is 0 Å². The number of nitrogens with one attached hydrogen (secondary N) is 1. The van der Waals surface area contributed by atoms with Gasteiger partial charge in [-0.2, -0.15) is 0 Å². The van der Waals surface area contributed by atoms with Gasteiger partial charge in [0.2, 0.25) is 5.91 Å². The van der Waals surface area contributed by atoms with Crippen molar-refractivity contribution < 1.29 is 18.7 Å². The quantitative estimate of drug-likeness (QED) is 0.629. The Kier molecular flexibility index (Phi) is 8.44. The molecule has 7 nitrogen and oxygen atoms in total. The molecule has 1 fully saturated rings. The van der Waals surface area contributed by atoms with Gasteiger partial charge >= 0.3 is 0 Å². The molecule has 0 aromatic heterocycles. The molecule has 32 heavy (non-hydrogen) atoms. The van der Waals surface area contributed by atoms with E-state index in [0.717, 1.165) is 12.1 Å². The van der Waals surface area contributed by atoms with E-state index in [-0.39, 0.29) is 43.2 Å². The van der Waals surface area contributed by atoms with Crippen molar-refractivity contribution in [3.05, 3.63) is 58.9 Å². The summed E-state index contributed by atoms with van der Waals surface area (Å²) in [7, 11) is 0. The number of anilines is 1. The van der Waals surface area contributed by atoms with Crippen molar-refractivity contribution in [2.45, 2.75) is 25.9 Å². The molecule has 1 aliphatic rings. The Morgan fingerprint density at radius 3 is 2.66 bits per heavy atom.